The predicted octanol–water partition coefficient (Wildman–Crippen LogP) is 3.33. The fourth-order valence-corrected chi connectivity index (χ4v) is 4.91. The number of carbonyl (C=O) groups is 1. The average Bonchev–Trinajstić information content (AvgIpc) is 3.37. The standard InChI is InChI=1S/C23H27N5.CH2O2/c1-18-9-13-28(26-18)15-14-27-12-5-10-23(17-27)11-8-20-16-24-22(25-21(20)23)19-6-3-2-4-7-19;2-1-3/h2-4,6-7,9,13,16H,5,8,10-12,14-15,17H2,1H3;1H,(H,2,3). The van der Waals surface area contributed by atoms with Gasteiger partial charge in [0.15, 0.2) is 5.82 Å². The van der Waals surface area contributed by atoms with Gasteiger partial charge in [-0.1, -0.05) is 30.3 Å². The molecule has 1 unspecified atom stereocenters. The molecule has 3 aromatic rings. The maximum Gasteiger partial charge on any atom is 0.290 e. The first-order chi connectivity index (χ1) is 15.1. The molecule has 0 bridgehead atoms. The number of fused-ring (bicyclic) bond motifs is 2. The van der Waals surface area contributed by atoms with Gasteiger partial charge in [-0.15, -0.1) is 0 Å². The quantitative estimate of drug-likeness (QED) is 0.653. The van der Waals surface area contributed by atoms with Crippen LogP contribution in [0.15, 0.2) is 48.8 Å². The van der Waals surface area contributed by atoms with Crippen LogP contribution < -0.4 is 0 Å². The lowest BCUT2D eigenvalue weighted by molar-refractivity contribution is -0.122. The topological polar surface area (TPSA) is 84.1 Å². The normalized spacial score (nSPS) is 20.2. The second-order valence-electron chi connectivity index (χ2n) is 8.42. The number of rotatable bonds is 4. The molecule has 0 saturated carbocycles. The zero-order chi connectivity index (χ0) is 21.7. The highest BCUT2D eigenvalue weighted by Gasteiger charge is 2.43. The molecule has 1 fully saturated rings. The minimum absolute atomic E-state index is 0.195. The van der Waals surface area contributed by atoms with Gasteiger partial charge in [0, 0.05) is 36.5 Å². The summed E-state index contributed by atoms with van der Waals surface area (Å²) in [6, 6.07) is 12.4. The van der Waals surface area contributed by atoms with E-state index in [9.17, 15) is 0 Å². The molecule has 0 radical (unpaired) electrons. The van der Waals surface area contributed by atoms with Crippen molar-refractivity contribution in [2.75, 3.05) is 19.6 Å². The molecule has 3 heterocycles. The Morgan fingerprint density at radius 1 is 1.16 bits per heavy atom. The van der Waals surface area contributed by atoms with Crippen molar-refractivity contribution in [1.82, 2.24) is 24.6 Å². The van der Waals surface area contributed by atoms with Crippen molar-refractivity contribution in [1.29, 1.82) is 0 Å². The van der Waals surface area contributed by atoms with E-state index in [1.807, 2.05) is 13.0 Å². The number of hydrogen-bond donors (Lipinski definition) is 1. The molecule has 1 aromatic carbocycles. The van der Waals surface area contributed by atoms with Gasteiger partial charge in [0.1, 0.15) is 0 Å². The summed E-state index contributed by atoms with van der Waals surface area (Å²) in [7, 11) is 0. The molecule has 1 aliphatic heterocycles. The number of hydrogen-bond acceptors (Lipinski definition) is 5. The number of aromatic nitrogens is 4. The van der Waals surface area contributed by atoms with E-state index in [0.717, 1.165) is 43.1 Å². The molecule has 7 heteroatoms. The first kappa shape index (κ1) is 21.2. The van der Waals surface area contributed by atoms with Gasteiger partial charge in [0.25, 0.3) is 6.47 Å². The van der Waals surface area contributed by atoms with Gasteiger partial charge in [-0.25, -0.2) is 9.97 Å². The molecule has 5 rings (SSSR count). The number of aryl methyl sites for hydroxylation is 2. The maximum absolute atomic E-state index is 8.36. The van der Waals surface area contributed by atoms with Crippen molar-refractivity contribution in [3.05, 3.63) is 65.7 Å². The van der Waals surface area contributed by atoms with E-state index in [0.29, 0.717) is 0 Å². The summed E-state index contributed by atoms with van der Waals surface area (Å²) in [5.74, 6) is 0.866. The molecule has 1 N–H and O–H groups in total. The molecule has 1 saturated heterocycles. The summed E-state index contributed by atoms with van der Waals surface area (Å²) in [6.07, 6.45) is 8.94. The van der Waals surface area contributed by atoms with Crippen molar-refractivity contribution >= 4 is 6.47 Å². The average molecular weight is 420 g/mol. The molecule has 2 aromatic heterocycles. The van der Waals surface area contributed by atoms with Crippen LogP contribution >= 0.6 is 0 Å². The zero-order valence-electron chi connectivity index (χ0n) is 17.9. The Morgan fingerprint density at radius 3 is 2.71 bits per heavy atom. The predicted molar refractivity (Wildman–Crippen MR) is 119 cm³/mol. The van der Waals surface area contributed by atoms with Crippen LogP contribution in [0, 0.1) is 6.92 Å². The highest BCUT2D eigenvalue weighted by Crippen LogP contribution is 2.44. The third-order valence-electron chi connectivity index (χ3n) is 6.35. The van der Waals surface area contributed by atoms with Crippen molar-refractivity contribution in [2.24, 2.45) is 0 Å². The molecular weight excluding hydrogens is 390 g/mol. The summed E-state index contributed by atoms with van der Waals surface area (Å²) >= 11 is 0. The van der Waals surface area contributed by atoms with E-state index in [1.54, 1.807) is 0 Å². The van der Waals surface area contributed by atoms with Crippen molar-refractivity contribution in [3.8, 4) is 11.4 Å². The molecule has 7 nitrogen and oxygen atoms in total. The molecular formula is C24H29N5O2. The number of nitrogens with zero attached hydrogens (tertiary/aromatic N) is 5. The molecule has 162 valence electrons. The van der Waals surface area contributed by atoms with Gasteiger partial charge < -0.3 is 10.0 Å². The van der Waals surface area contributed by atoms with Crippen molar-refractivity contribution < 1.29 is 9.90 Å². The van der Waals surface area contributed by atoms with Gasteiger partial charge in [-0.05, 0) is 50.8 Å². The Hall–Kier alpha value is -3.06. The monoisotopic (exact) mass is 419 g/mol. The van der Waals surface area contributed by atoms with Crippen LogP contribution in [0.5, 0.6) is 0 Å². The van der Waals surface area contributed by atoms with Gasteiger partial charge in [-0.3, -0.25) is 9.48 Å². The summed E-state index contributed by atoms with van der Waals surface area (Å²) < 4.78 is 2.06. The third kappa shape index (κ3) is 4.66. The van der Waals surface area contributed by atoms with Gasteiger partial charge in [0.05, 0.1) is 17.9 Å². The Labute approximate surface area is 182 Å². The highest BCUT2D eigenvalue weighted by atomic mass is 16.3. The first-order valence-electron chi connectivity index (χ1n) is 10.9. The van der Waals surface area contributed by atoms with Crippen molar-refractivity contribution in [3.63, 3.8) is 0 Å². The minimum atomic E-state index is -0.250. The number of carboxylic acid groups (broad SMARTS) is 1. The van der Waals surface area contributed by atoms with Crippen LogP contribution in [-0.4, -0.2) is 55.9 Å². The number of piperidine rings is 1. The fraction of sp³-hybridized carbons (Fsp3) is 0.417. The second kappa shape index (κ2) is 9.39. The molecule has 2 aliphatic rings. The van der Waals surface area contributed by atoms with Crippen LogP contribution in [0.4, 0.5) is 0 Å². The molecule has 1 aliphatic carbocycles. The van der Waals surface area contributed by atoms with E-state index in [4.69, 9.17) is 14.9 Å². The molecule has 31 heavy (non-hydrogen) atoms. The van der Waals surface area contributed by atoms with Crippen molar-refractivity contribution in [2.45, 2.75) is 44.6 Å². The molecule has 1 spiro atoms. The lowest BCUT2D eigenvalue weighted by atomic mass is 9.77. The van der Waals surface area contributed by atoms with Crippen LogP contribution in [0.25, 0.3) is 11.4 Å². The zero-order valence-corrected chi connectivity index (χ0v) is 17.9. The Kier molecular flexibility index (Phi) is 6.42. The van der Waals surface area contributed by atoms with E-state index in [-0.39, 0.29) is 11.9 Å². The van der Waals surface area contributed by atoms with Crippen LogP contribution in [0.1, 0.15) is 36.2 Å². The van der Waals surface area contributed by atoms with Crippen LogP contribution in [0.2, 0.25) is 0 Å². The molecule has 0 amide bonds. The van der Waals surface area contributed by atoms with Crippen LogP contribution in [-0.2, 0) is 23.2 Å². The smallest absolute Gasteiger partial charge is 0.290 e. The van der Waals surface area contributed by atoms with Gasteiger partial charge in [-0.2, -0.15) is 5.10 Å². The highest BCUT2D eigenvalue weighted by molar-refractivity contribution is 5.55. The SMILES string of the molecule is Cc1ccn(CCN2CCCC3(CCc4cnc(-c5ccccc5)nc43)C2)n1.O=CO. The van der Waals surface area contributed by atoms with E-state index < -0.39 is 0 Å². The Balaban J connectivity index is 0.000000730. The molecule has 1 atom stereocenters. The summed E-state index contributed by atoms with van der Waals surface area (Å²) in [5, 5.41) is 11.4. The largest absolute Gasteiger partial charge is 0.483 e. The van der Waals surface area contributed by atoms with E-state index in [2.05, 4.69) is 62.4 Å². The summed E-state index contributed by atoms with van der Waals surface area (Å²) in [6.45, 7) is 6.08. The minimum Gasteiger partial charge on any atom is -0.483 e. The Bertz CT molecular complexity index is 1020. The van der Waals surface area contributed by atoms with E-state index in [1.165, 1.54) is 37.1 Å². The lowest BCUT2D eigenvalue weighted by Gasteiger charge is -2.40. The third-order valence-corrected chi connectivity index (χ3v) is 6.35. The summed E-state index contributed by atoms with van der Waals surface area (Å²) in [5.41, 5.74) is 5.05. The number of benzene rings is 1. The number of likely N-dealkylation sites (tertiary alicyclic amines) is 1. The van der Waals surface area contributed by atoms with E-state index >= 15 is 0 Å². The fourth-order valence-electron chi connectivity index (χ4n) is 4.91. The van der Waals surface area contributed by atoms with Crippen LogP contribution in [0.3, 0.4) is 0 Å². The van der Waals surface area contributed by atoms with Gasteiger partial charge >= 0.3 is 0 Å². The Morgan fingerprint density at radius 2 is 1.97 bits per heavy atom. The first-order valence-corrected chi connectivity index (χ1v) is 10.9. The summed E-state index contributed by atoms with van der Waals surface area (Å²) in [4.78, 5) is 20.7. The van der Waals surface area contributed by atoms with Gasteiger partial charge in [0.2, 0.25) is 0 Å². The second-order valence-corrected chi connectivity index (χ2v) is 8.42. The maximum atomic E-state index is 8.36. The lowest BCUT2D eigenvalue weighted by Crippen LogP contribution is -2.46.